The summed E-state index contributed by atoms with van der Waals surface area (Å²) in [6, 6.07) is 17.3. The van der Waals surface area contributed by atoms with Crippen molar-refractivity contribution in [3.8, 4) is 0 Å². The highest BCUT2D eigenvalue weighted by molar-refractivity contribution is 5.95. The number of carbonyl (C=O) groups excluding carboxylic acids is 1. The zero-order chi connectivity index (χ0) is 16.5. The Balaban J connectivity index is 1.50. The number of anilines is 2. The molecule has 0 bridgehead atoms. The summed E-state index contributed by atoms with van der Waals surface area (Å²) in [6.45, 7) is 4.72. The van der Waals surface area contributed by atoms with E-state index >= 15 is 0 Å². The number of rotatable bonds is 2. The number of hydrogen-bond acceptors (Lipinski definition) is 2. The van der Waals surface area contributed by atoms with Gasteiger partial charge in [0, 0.05) is 31.4 Å². The predicted octanol–water partition coefficient (Wildman–Crippen LogP) is 3.69. The minimum atomic E-state index is 0.0440. The second-order valence-corrected chi connectivity index (χ2v) is 6.71. The Bertz CT molecular complexity index is 733. The molecule has 0 unspecified atom stereocenters. The molecule has 0 aliphatic carbocycles. The number of hydrogen-bond donors (Lipinski definition) is 1. The molecule has 4 rings (SSSR count). The Morgan fingerprint density at radius 2 is 1.71 bits per heavy atom. The van der Waals surface area contributed by atoms with Gasteiger partial charge in [-0.1, -0.05) is 35.9 Å². The molecule has 2 heterocycles. The Labute approximate surface area is 143 Å². The smallest absolute Gasteiger partial charge is 0.322 e. The van der Waals surface area contributed by atoms with Crippen molar-refractivity contribution in [2.24, 2.45) is 0 Å². The van der Waals surface area contributed by atoms with E-state index in [0.29, 0.717) is 6.54 Å². The fraction of sp³-hybridized carbons (Fsp3) is 0.350. The number of urea groups is 1. The highest BCUT2D eigenvalue weighted by Gasteiger charge is 2.32. The molecule has 4 heteroatoms. The third-order valence-electron chi connectivity index (χ3n) is 5.13. The van der Waals surface area contributed by atoms with Crippen molar-refractivity contribution in [2.75, 3.05) is 22.9 Å². The van der Waals surface area contributed by atoms with Crippen LogP contribution in [0.3, 0.4) is 0 Å². The lowest BCUT2D eigenvalue weighted by Crippen LogP contribution is -2.53. The summed E-state index contributed by atoms with van der Waals surface area (Å²) < 4.78 is 0. The van der Waals surface area contributed by atoms with Gasteiger partial charge in [0.05, 0.1) is 5.69 Å². The van der Waals surface area contributed by atoms with Gasteiger partial charge in [-0.15, -0.1) is 0 Å². The quantitative estimate of drug-likeness (QED) is 0.915. The van der Waals surface area contributed by atoms with Crippen molar-refractivity contribution in [1.29, 1.82) is 0 Å². The first-order chi connectivity index (χ1) is 11.7. The summed E-state index contributed by atoms with van der Waals surface area (Å²) in [4.78, 5) is 16.8. The van der Waals surface area contributed by atoms with Crippen LogP contribution in [0.1, 0.15) is 24.0 Å². The van der Waals surface area contributed by atoms with E-state index in [0.717, 1.165) is 31.6 Å². The topological polar surface area (TPSA) is 35.6 Å². The summed E-state index contributed by atoms with van der Waals surface area (Å²) in [6.07, 6.45) is 1.99. The maximum Gasteiger partial charge on any atom is 0.322 e. The Hall–Kier alpha value is -2.49. The summed E-state index contributed by atoms with van der Waals surface area (Å²) in [5.41, 5.74) is 4.85. The number of nitrogens with zero attached hydrogens (tertiary/aromatic N) is 2. The van der Waals surface area contributed by atoms with Crippen molar-refractivity contribution in [3.63, 3.8) is 0 Å². The Morgan fingerprint density at radius 3 is 2.46 bits per heavy atom. The van der Waals surface area contributed by atoms with Crippen molar-refractivity contribution < 1.29 is 4.79 Å². The lowest BCUT2D eigenvalue weighted by molar-refractivity contribution is 0.240. The van der Waals surface area contributed by atoms with Gasteiger partial charge in [0.15, 0.2) is 0 Å². The first-order valence-electron chi connectivity index (χ1n) is 8.69. The summed E-state index contributed by atoms with van der Waals surface area (Å²) >= 11 is 0. The number of amides is 2. The number of para-hydroxylation sites is 1. The fourth-order valence-electron chi connectivity index (χ4n) is 3.76. The van der Waals surface area contributed by atoms with Crippen LogP contribution in [0.25, 0.3) is 0 Å². The van der Waals surface area contributed by atoms with Gasteiger partial charge in [0.2, 0.25) is 0 Å². The number of aryl methyl sites for hydroxylation is 1. The van der Waals surface area contributed by atoms with E-state index in [2.05, 4.69) is 53.5 Å². The van der Waals surface area contributed by atoms with Gasteiger partial charge in [-0.05, 0) is 43.5 Å². The second-order valence-electron chi connectivity index (χ2n) is 6.71. The lowest BCUT2D eigenvalue weighted by Gasteiger charge is -2.41. The first-order valence-corrected chi connectivity index (χ1v) is 8.69. The van der Waals surface area contributed by atoms with Gasteiger partial charge in [-0.25, -0.2) is 4.79 Å². The molecule has 0 atom stereocenters. The Morgan fingerprint density at radius 1 is 1.00 bits per heavy atom. The third-order valence-corrected chi connectivity index (χ3v) is 5.13. The Kier molecular flexibility index (Phi) is 3.89. The number of fused-ring (bicyclic) bond motifs is 1. The minimum Gasteiger partial charge on any atom is -0.371 e. The molecule has 24 heavy (non-hydrogen) atoms. The van der Waals surface area contributed by atoms with Crippen molar-refractivity contribution in [3.05, 3.63) is 59.7 Å². The molecule has 124 valence electrons. The molecule has 1 saturated heterocycles. The van der Waals surface area contributed by atoms with Gasteiger partial charge in [-0.3, -0.25) is 4.90 Å². The molecular weight excluding hydrogens is 298 g/mol. The van der Waals surface area contributed by atoms with Crippen LogP contribution in [0.2, 0.25) is 0 Å². The molecule has 2 aliphatic heterocycles. The van der Waals surface area contributed by atoms with E-state index in [-0.39, 0.29) is 12.1 Å². The zero-order valence-electron chi connectivity index (χ0n) is 14.0. The van der Waals surface area contributed by atoms with Gasteiger partial charge in [0.1, 0.15) is 0 Å². The molecule has 2 aromatic carbocycles. The van der Waals surface area contributed by atoms with E-state index in [9.17, 15) is 4.79 Å². The molecule has 1 N–H and O–H groups in total. The number of nitrogens with one attached hydrogen (secondary N) is 1. The van der Waals surface area contributed by atoms with Gasteiger partial charge in [-0.2, -0.15) is 0 Å². The van der Waals surface area contributed by atoms with Crippen LogP contribution in [-0.2, 0) is 6.54 Å². The zero-order valence-corrected chi connectivity index (χ0v) is 14.0. The van der Waals surface area contributed by atoms with Crippen molar-refractivity contribution in [1.82, 2.24) is 5.32 Å². The predicted molar refractivity (Wildman–Crippen MR) is 97.6 cm³/mol. The molecule has 0 aromatic heterocycles. The largest absolute Gasteiger partial charge is 0.371 e. The number of piperidine rings is 1. The van der Waals surface area contributed by atoms with Crippen LogP contribution in [0.4, 0.5) is 16.2 Å². The van der Waals surface area contributed by atoms with Crippen molar-refractivity contribution >= 4 is 17.4 Å². The van der Waals surface area contributed by atoms with E-state index < -0.39 is 0 Å². The number of carbonyl (C=O) groups is 1. The monoisotopic (exact) mass is 321 g/mol. The average molecular weight is 321 g/mol. The summed E-state index contributed by atoms with van der Waals surface area (Å²) in [7, 11) is 0. The maximum absolute atomic E-state index is 12.4. The summed E-state index contributed by atoms with van der Waals surface area (Å²) in [5, 5.41) is 3.01. The van der Waals surface area contributed by atoms with Crippen LogP contribution < -0.4 is 15.1 Å². The van der Waals surface area contributed by atoms with E-state index in [1.54, 1.807) is 0 Å². The standard InChI is InChI=1S/C20H23N3O/c1-15-6-8-17(9-7-15)22-12-10-18(11-13-22)23-19-5-3-2-4-16(19)14-21-20(23)24/h2-9,18H,10-14H2,1H3,(H,21,24). The van der Waals surface area contributed by atoms with Crippen LogP contribution in [0.5, 0.6) is 0 Å². The molecule has 0 radical (unpaired) electrons. The molecule has 2 aliphatic rings. The highest BCUT2D eigenvalue weighted by Crippen LogP contribution is 2.31. The van der Waals surface area contributed by atoms with Crippen LogP contribution in [-0.4, -0.2) is 25.2 Å². The lowest BCUT2D eigenvalue weighted by atomic mass is 9.99. The van der Waals surface area contributed by atoms with Gasteiger partial charge < -0.3 is 10.2 Å². The highest BCUT2D eigenvalue weighted by atomic mass is 16.2. The van der Waals surface area contributed by atoms with Gasteiger partial charge >= 0.3 is 6.03 Å². The molecule has 0 spiro atoms. The van der Waals surface area contributed by atoms with Crippen molar-refractivity contribution in [2.45, 2.75) is 32.4 Å². The SMILES string of the molecule is Cc1ccc(N2CCC(N3C(=O)NCc4ccccc43)CC2)cc1. The van der Waals surface area contributed by atoms with Crippen LogP contribution >= 0.6 is 0 Å². The van der Waals surface area contributed by atoms with Crippen LogP contribution in [0, 0.1) is 6.92 Å². The summed E-state index contributed by atoms with van der Waals surface area (Å²) in [5.74, 6) is 0. The second kappa shape index (κ2) is 6.19. The van der Waals surface area contributed by atoms with E-state index in [4.69, 9.17) is 0 Å². The number of benzene rings is 2. The minimum absolute atomic E-state index is 0.0440. The maximum atomic E-state index is 12.4. The molecule has 2 aromatic rings. The molecule has 0 saturated carbocycles. The van der Waals surface area contributed by atoms with Gasteiger partial charge in [0.25, 0.3) is 0 Å². The molecule has 4 nitrogen and oxygen atoms in total. The first kappa shape index (κ1) is 15.1. The molecular formula is C20H23N3O. The molecule has 1 fully saturated rings. The average Bonchev–Trinajstić information content (AvgIpc) is 2.63. The fourth-order valence-corrected chi connectivity index (χ4v) is 3.76. The van der Waals surface area contributed by atoms with Crippen LogP contribution in [0.15, 0.2) is 48.5 Å². The normalized spacial score (nSPS) is 18.3. The third kappa shape index (κ3) is 2.73. The molecule has 2 amide bonds. The van der Waals surface area contributed by atoms with E-state index in [1.165, 1.54) is 16.8 Å². The van der Waals surface area contributed by atoms with E-state index in [1.807, 2.05) is 17.0 Å².